The van der Waals surface area contributed by atoms with Crippen LogP contribution in [0.2, 0.25) is 0 Å². The number of para-hydroxylation sites is 1. The minimum atomic E-state index is -0.0305. The van der Waals surface area contributed by atoms with E-state index in [2.05, 4.69) is 16.1 Å². The van der Waals surface area contributed by atoms with Crippen LogP contribution in [0, 0.1) is 6.92 Å². The maximum Gasteiger partial charge on any atom is 0.259 e. The first-order valence-electron chi connectivity index (χ1n) is 10.5. The molecule has 0 aliphatic carbocycles. The topological polar surface area (TPSA) is 69.5 Å². The van der Waals surface area contributed by atoms with E-state index >= 15 is 0 Å². The molecule has 1 aliphatic heterocycles. The molecule has 0 bridgehead atoms. The van der Waals surface area contributed by atoms with E-state index in [4.69, 9.17) is 9.47 Å². The van der Waals surface area contributed by atoms with Crippen LogP contribution in [0.15, 0.2) is 54.9 Å². The molecule has 5 rings (SSSR count). The number of rotatable bonds is 5. The Morgan fingerprint density at radius 3 is 2.78 bits per heavy atom. The summed E-state index contributed by atoms with van der Waals surface area (Å²) in [7, 11) is 3.26. The fourth-order valence-electron chi connectivity index (χ4n) is 4.36. The molecule has 2 aromatic heterocycles. The van der Waals surface area contributed by atoms with Crippen molar-refractivity contribution in [1.29, 1.82) is 0 Å². The monoisotopic (exact) mass is 428 g/mol. The molecule has 7 heteroatoms. The lowest BCUT2D eigenvalue weighted by Crippen LogP contribution is -2.29. The fraction of sp³-hybridized carbons (Fsp3) is 0.240. The minimum absolute atomic E-state index is 0.0305. The van der Waals surface area contributed by atoms with Crippen molar-refractivity contribution >= 4 is 22.6 Å². The normalized spacial score (nSPS) is 12.8. The molecule has 1 aliphatic rings. The van der Waals surface area contributed by atoms with Gasteiger partial charge in [-0.2, -0.15) is 5.10 Å². The van der Waals surface area contributed by atoms with Crippen molar-refractivity contribution in [3.8, 4) is 11.5 Å². The van der Waals surface area contributed by atoms with Gasteiger partial charge < -0.3 is 14.4 Å². The van der Waals surface area contributed by atoms with Gasteiger partial charge in [-0.15, -0.1) is 0 Å². The summed E-state index contributed by atoms with van der Waals surface area (Å²) in [5.41, 5.74) is 5.61. The Morgan fingerprint density at radius 2 is 1.97 bits per heavy atom. The quantitative estimate of drug-likeness (QED) is 0.480. The first-order valence-corrected chi connectivity index (χ1v) is 10.5. The summed E-state index contributed by atoms with van der Waals surface area (Å²) in [4.78, 5) is 19.7. The van der Waals surface area contributed by atoms with Crippen LogP contribution in [-0.2, 0) is 13.0 Å². The first-order chi connectivity index (χ1) is 15.6. The molecule has 0 fully saturated rings. The number of methoxy groups -OCH3 is 2. The molecule has 0 atom stereocenters. The van der Waals surface area contributed by atoms with E-state index in [1.54, 1.807) is 26.6 Å². The molecule has 4 aromatic rings. The highest BCUT2D eigenvalue weighted by atomic mass is 16.5. The van der Waals surface area contributed by atoms with E-state index in [9.17, 15) is 4.79 Å². The standard InChI is InChI=1S/C25H24N4O3/c1-16-5-4-6-17-9-10-28(23(16)17)25(30)20-11-19-14-27-29(24(19)26-13-20)15-18-7-8-21(31-2)12-22(18)32-3/h4-8,11-14H,9-10,15H2,1-3H3. The third-order valence-corrected chi connectivity index (χ3v) is 5.98. The van der Waals surface area contributed by atoms with Crippen molar-refractivity contribution in [3.63, 3.8) is 0 Å². The molecule has 7 nitrogen and oxygen atoms in total. The number of aryl methyl sites for hydroxylation is 1. The Labute approximate surface area is 186 Å². The van der Waals surface area contributed by atoms with Gasteiger partial charge in [-0.1, -0.05) is 18.2 Å². The Hall–Kier alpha value is -3.87. The van der Waals surface area contributed by atoms with Crippen LogP contribution in [0.1, 0.15) is 27.0 Å². The minimum Gasteiger partial charge on any atom is -0.497 e. The number of carbonyl (C=O) groups excluding carboxylic acids is 1. The number of hydrogen-bond acceptors (Lipinski definition) is 5. The number of carbonyl (C=O) groups is 1. The lowest BCUT2D eigenvalue weighted by atomic mass is 10.1. The van der Waals surface area contributed by atoms with E-state index in [1.807, 2.05) is 52.9 Å². The number of hydrogen-bond donors (Lipinski definition) is 0. The second kappa shape index (κ2) is 8.00. The Morgan fingerprint density at radius 1 is 1.09 bits per heavy atom. The number of amides is 1. The summed E-state index contributed by atoms with van der Waals surface area (Å²) in [6.45, 7) is 3.23. The summed E-state index contributed by atoms with van der Waals surface area (Å²) < 4.78 is 12.6. The Balaban J connectivity index is 1.44. The van der Waals surface area contributed by atoms with Crippen molar-refractivity contribution in [1.82, 2.24) is 14.8 Å². The second-order valence-corrected chi connectivity index (χ2v) is 7.91. The van der Waals surface area contributed by atoms with Crippen LogP contribution in [0.4, 0.5) is 5.69 Å². The van der Waals surface area contributed by atoms with Gasteiger partial charge >= 0.3 is 0 Å². The van der Waals surface area contributed by atoms with Gasteiger partial charge in [0.25, 0.3) is 5.91 Å². The van der Waals surface area contributed by atoms with Crippen molar-refractivity contribution in [3.05, 3.63) is 77.1 Å². The van der Waals surface area contributed by atoms with E-state index in [1.165, 1.54) is 5.56 Å². The summed E-state index contributed by atoms with van der Waals surface area (Å²) >= 11 is 0. The van der Waals surface area contributed by atoms with Crippen LogP contribution in [0.3, 0.4) is 0 Å². The molecule has 0 radical (unpaired) electrons. The SMILES string of the molecule is COc1ccc(Cn2ncc3cc(C(=O)N4CCc5cccc(C)c54)cnc32)c(OC)c1. The highest BCUT2D eigenvalue weighted by Gasteiger charge is 2.27. The molecule has 0 saturated carbocycles. The number of nitrogens with zero attached hydrogens (tertiary/aromatic N) is 4. The molecule has 0 spiro atoms. The third kappa shape index (κ3) is 3.36. The molecule has 0 unspecified atom stereocenters. The van der Waals surface area contributed by atoms with Gasteiger partial charge in [0.15, 0.2) is 5.65 Å². The zero-order valence-electron chi connectivity index (χ0n) is 18.3. The van der Waals surface area contributed by atoms with E-state index in [0.717, 1.165) is 45.8 Å². The number of ether oxygens (including phenoxy) is 2. The number of fused-ring (bicyclic) bond motifs is 2. The number of benzene rings is 2. The largest absolute Gasteiger partial charge is 0.497 e. The maximum absolute atomic E-state index is 13.3. The highest BCUT2D eigenvalue weighted by Crippen LogP contribution is 2.33. The molecule has 0 N–H and O–H groups in total. The van der Waals surface area contributed by atoms with Gasteiger partial charge in [0, 0.05) is 29.8 Å². The Kier molecular flexibility index (Phi) is 5.01. The predicted octanol–water partition coefficient (Wildman–Crippen LogP) is 4.01. The van der Waals surface area contributed by atoms with Crippen LogP contribution in [0.25, 0.3) is 11.0 Å². The van der Waals surface area contributed by atoms with Gasteiger partial charge in [0.1, 0.15) is 11.5 Å². The van der Waals surface area contributed by atoms with Crippen molar-refractivity contribution in [2.24, 2.45) is 0 Å². The third-order valence-electron chi connectivity index (χ3n) is 5.98. The number of anilines is 1. The Bertz CT molecular complexity index is 1330. The lowest BCUT2D eigenvalue weighted by Gasteiger charge is -2.19. The van der Waals surface area contributed by atoms with Gasteiger partial charge in [-0.25, -0.2) is 9.67 Å². The molecule has 0 saturated heterocycles. The van der Waals surface area contributed by atoms with Gasteiger partial charge in [0.2, 0.25) is 0 Å². The first kappa shape index (κ1) is 20.1. The molecule has 2 aromatic carbocycles. The fourth-order valence-corrected chi connectivity index (χ4v) is 4.36. The average molecular weight is 428 g/mol. The summed E-state index contributed by atoms with van der Waals surface area (Å²) in [5.74, 6) is 1.43. The number of aromatic nitrogens is 3. The van der Waals surface area contributed by atoms with Crippen LogP contribution >= 0.6 is 0 Å². The van der Waals surface area contributed by atoms with Crippen LogP contribution in [-0.4, -0.2) is 41.4 Å². The van der Waals surface area contributed by atoms with Crippen molar-refractivity contribution < 1.29 is 14.3 Å². The van der Waals surface area contributed by atoms with E-state index in [-0.39, 0.29) is 5.91 Å². The van der Waals surface area contributed by atoms with Crippen LogP contribution < -0.4 is 14.4 Å². The zero-order valence-corrected chi connectivity index (χ0v) is 18.3. The smallest absolute Gasteiger partial charge is 0.259 e. The summed E-state index contributed by atoms with van der Waals surface area (Å²) in [6.07, 6.45) is 4.27. The molecular weight excluding hydrogens is 404 g/mol. The molecule has 3 heterocycles. The zero-order chi connectivity index (χ0) is 22.2. The molecule has 162 valence electrons. The van der Waals surface area contributed by atoms with E-state index < -0.39 is 0 Å². The van der Waals surface area contributed by atoms with Crippen molar-refractivity contribution in [2.75, 3.05) is 25.7 Å². The molecule has 1 amide bonds. The predicted molar refractivity (Wildman–Crippen MR) is 123 cm³/mol. The summed E-state index contributed by atoms with van der Waals surface area (Å²) in [6, 6.07) is 13.7. The van der Waals surface area contributed by atoms with Gasteiger partial charge in [0.05, 0.1) is 38.2 Å². The van der Waals surface area contributed by atoms with Gasteiger partial charge in [-0.3, -0.25) is 4.79 Å². The van der Waals surface area contributed by atoms with E-state index in [0.29, 0.717) is 18.7 Å². The highest BCUT2D eigenvalue weighted by molar-refractivity contribution is 6.08. The van der Waals surface area contributed by atoms with Crippen molar-refractivity contribution in [2.45, 2.75) is 19.9 Å². The van der Waals surface area contributed by atoms with Gasteiger partial charge in [-0.05, 0) is 42.7 Å². The average Bonchev–Trinajstić information content (AvgIpc) is 3.43. The maximum atomic E-state index is 13.3. The van der Waals surface area contributed by atoms with Crippen LogP contribution in [0.5, 0.6) is 11.5 Å². The molecular formula is C25H24N4O3. The summed E-state index contributed by atoms with van der Waals surface area (Å²) in [5, 5.41) is 5.33. The lowest BCUT2D eigenvalue weighted by molar-refractivity contribution is 0.0989. The second-order valence-electron chi connectivity index (χ2n) is 7.91. The number of pyridine rings is 1. The molecule has 32 heavy (non-hydrogen) atoms.